The van der Waals surface area contributed by atoms with E-state index in [4.69, 9.17) is 4.42 Å². The minimum atomic E-state index is 0.905. The number of fused-ring (bicyclic) bond motifs is 6. The van der Waals surface area contributed by atoms with Gasteiger partial charge in [-0.2, -0.15) is 0 Å². The molecule has 0 fully saturated rings. The van der Waals surface area contributed by atoms with Crippen LogP contribution in [-0.2, 0) is 0 Å². The molecule has 2 aromatic heterocycles. The summed E-state index contributed by atoms with van der Waals surface area (Å²) in [5.74, 6) is 0. The highest BCUT2D eigenvalue weighted by Crippen LogP contribution is 2.43. The number of hydrogen-bond donors (Lipinski definition) is 0. The Hall–Kier alpha value is -9.96. The van der Waals surface area contributed by atoms with Crippen LogP contribution in [0.4, 0.5) is 17.1 Å². The van der Waals surface area contributed by atoms with Crippen molar-refractivity contribution in [1.29, 1.82) is 0 Å². The summed E-state index contributed by atoms with van der Waals surface area (Å²) in [5.41, 5.74) is 22.7. The summed E-state index contributed by atoms with van der Waals surface area (Å²) in [6.07, 6.45) is 0. The second-order valence-corrected chi connectivity index (χ2v) is 19.2. The highest BCUT2D eigenvalue weighted by atomic mass is 16.3. The lowest BCUT2D eigenvalue weighted by Crippen LogP contribution is -2.11. The molecule has 0 saturated heterocycles. The third-order valence-corrected chi connectivity index (χ3v) is 14.9. The Morgan fingerprint density at radius 1 is 0.253 bits per heavy atom. The number of furan rings is 1. The van der Waals surface area contributed by atoms with Gasteiger partial charge in [-0.15, -0.1) is 0 Å². The monoisotopic (exact) mass is 956 g/mol. The Morgan fingerprint density at radius 3 is 1.17 bits per heavy atom. The second-order valence-electron chi connectivity index (χ2n) is 19.2. The standard InChI is InChI=1S/C72H48N2O/c1-2-13-49(14-3-1)50-29-33-57(34-30-50)62-15-4-8-20-67(62)73(60-45-39-55(40-46-60)53-31-35-58(36-32-53)63-19-12-24-71-72(63)66-18-7-11-23-70(66)75-71)59-43-37-54(38-44-59)51-25-27-52(28-26-51)56-41-47-61(48-42-56)74-68-21-9-5-16-64(68)65-17-6-10-22-69(65)74/h1-48H. The zero-order chi connectivity index (χ0) is 49.7. The molecular formula is C72H48N2O. The average molecular weight is 957 g/mol. The summed E-state index contributed by atoms with van der Waals surface area (Å²) in [6.45, 7) is 0. The summed E-state index contributed by atoms with van der Waals surface area (Å²) in [7, 11) is 0. The fourth-order valence-corrected chi connectivity index (χ4v) is 11.1. The van der Waals surface area contributed by atoms with Crippen molar-refractivity contribution in [2.24, 2.45) is 0 Å². The largest absolute Gasteiger partial charge is 0.456 e. The van der Waals surface area contributed by atoms with Crippen LogP contribution in [0.2, 0.25) is 0 Å². The Labute approximate surface area is 436 Å². The van der Waals surface area contributed by atoms with Gasteiger partial charge in [-0.25, -0.2) is 0 Å². The van der Waals surface area contributed by atoms with Crippen LogP contribution < -0.4 is 4.90 Å². The molecule has 0 radical (unpaired) electrons. The Bertz CT molecular complexity index is 4290. The number of para-hydroxylation sites is 4. The molecule has 14 aromatic rings. The summed E-state index contributed by atoms with van der Waals surface area (Å²) < 4.78 is 8.59. The molecule has 3 heteroatoms. The van der Waals surface area contributed by atoms with Gasteiger partial charge in [-0.05, 0) is 128 Å². The maximum absolute atomic E-state index is 6.22. The molecule has 0 atom stereocenters. The molecule has 0 N–H and O–H groups in total. The van der Waals surface area contributed by atoms with E-state index in [0.717, 1.165) is 78.1 Å². The molecule has 0 saturated carbocycles. The summed E-state index contributed by atoms with van der Waals surface area (Å²) in [6, 6.07) is 105. The van der Waals surface area contributed by atoms with E-state index in [9.17, 15) is 0 Å². The van der Waals surface area contributed by atoms with Crippen LogP contribution >= 0.6 is 0 Å². The maximum Gasteiger partial charge on any atom is 0.136 e. The zero-order valence-electron chi connectivity index (χ0n) is 41.0. The fourth-order valence-electron chi connectivity index (χ4n) is 11.1. The van der Waals surface area contributed by atoms with E-state index in [-0.39, 0.29) is 0 Å². The molecule has 0 spiro atoms. The van der Waals surface area contributed by atoms with E-state index in [1.807, 2.05) is 12.1 Å². The summed E-state index contributed by atoms with van der Waals surface area (Å²) >= 11 is 0. The van der Waals surface area contributed by atoms with Gasteiger partial charge in [-0.1, -0.05) is 224 Å². The third kappa shape index (κ3) is 7.95. The molecule has 352 valence electrons. The smallest absolute Gasteiger partial charge is 0.136 e. The number of nitrogens with zero attached hydrogens (tertiary/aromatic N) is 2. The van der Waals surface area contributed by atoms with Crippen molar-refractivity contribution in [3.8, 4) is 72.4 Å². The van der Waals surface area contributed by atoms with Gasteiger partial charge >= 0.3 is 0 Å². The van der Waals surface area contributed by atoms with Gasteiger partial charge < -0.3 is 13.9 Å². The summed E-state index contributed by atoms with van der Waals surface area (Å²) in [4.78, 5) is 2.39. The van der Waals surface area contributed by atoms with Crippen LogP contribution in [-0.4, -0.2) is 4.57 Å². The molecule has 3 nitrogen and oxygen atoms in total. The first-order valence-corrected chi connectivity index (χ1v) is 25.6. The van der Waals surface area contributed by atoms with Crippen LogP contribution in [0.5, 0.6) is 0 Å². The van der Waals surface area contributed by atoms with Crippen molar-refractivity contribution < 1.29 is 4.42 Å². The highest BCUT2D eigenvalue weighted by molar-refractivity contribution is 6.12. The molecule has 0 aliphatic heterocycles. The molecule has 0 unspecified atom stereocenters. The van der Waals surface area contributed by atoms with E-state index < -0.39 is 0 Å². The SMILES string of the molecule is c1ccc(-c2ccc(-c3ccccc3N(c3ccc(-c4ccc(-c5ccc(-n6c7ccccc7c7ccccc76)cc5)cc4)cc3)c3ccc(-c4ccc(-c5cccc6oc7ccccc7c56)cc4)cc3)cc2)cc1. The van der Waals surface area contributed by atoms with E-state index in [1.54, 1.807) is 0 Å². The molecule has 75 heavy (non-hydrogen) atoms. The Morgan fingerprint density at radius 2 is 0.627 bits per heavy atom. The predicted octanol–water partition coefficient (Wildman–Crippen LogP) is 20.2. The first-order valence-electron chi connectivity index (χ1n) is 25.6. The normalized spacial score (nSPS) is 11.5. The lowest BCUT2D eigenvalue weighted by atomic mass is 9.96. The van der Waals surface area contributed by atoms with Crippen molar-refractivity contribution in [3.63, 3.8) is 0 Å². The number of hydrogen-bond acceptors (Lipinski definition) is 2. The molecular weight excluding hydrogens is 909 g/mol. The van der Waals surface area contributed by atoms with Gasteiger partial charge in [0.1, 0.15) is 11.2 Å². The molecule has 0 aliphatic rings. The van der Waals surface area contributed by atoms with Crippen LogP contribution in [0, 0.1) is 0 Å². The van der Waals surface area contributed by atoms with Gasteiger partial charge in [0.05, 0.1) is 16.7 Å². The van der Waals surface area contributed by atoms with E-state index in [2.05, 4.69) is 289 Å². The molecule has 14 rings (SSSR count). The number of rotatable bonds is 10. The summed E-state index contributed by atoms with van der Waals surface area (Å²) in [5, 5.41) is 4.82. The van der Waals surface area contributed by atoms with Crippen LogP contribution in [0.3, 0.4) is 0 Å². The number of benzene rings is 12. The first kappa shape index (κ1) is 43.8. The molecule has 0 aliphatic carbocycles. The van der Waals surface area contributed by atoms with Gasteiger partial charge in [-0.3, -0.25) is 0 Å². The Kier molecular flexibility index (Phi) is 10.8. The van der Waals surface area contributed by atoms with Crippen LogP contribution in [0.15, 0.2) is 296 Å². The highest BCUT2D eigenvalue weighted by Gasteiger charge is 2.19. The van der Waals surface area contributed by atoms with E-state index >= 15 is 0 Å². The van der Waals surface area contributed by atoms with Gasteiger partial charge in [0.25, 0.3) is 0 Å². The predicted molar refractivity (Wildman–Crippen MR) is 315 cm³/mol. The van der Waals surface area contributed by atoms with E-state index in [1.165, 1.54) is 55.2 Å². The quantitative estimate of drug-likeness (QED) is 0.136. The van der Waals surface area contributed by atoms with Gasteiger partial charge in [0.15, 0.2) is 0 Å². The maximum atomic E-state index is 6.22. The second kappa shape index (κ2) is 18.6. The number of anilines is 3. The van der Waals surface area contributed by atoms with Crippen molar-refractivity contribution in [1.82, 2.24) is 4.57 Å². The van der Waals surface area contributed by atoms with Gasteiger partial charge in [0.2, 0.25) is 0 Å². The fraction of sp³-hybridized carbons (Fsp3) is 0. The lowest BCUT2D eigenvalue weighted by Gasteiger charge is -2.28. The van der Waals surface area contributed by atoms with Crippen molar-refractivity contribution in [2.45, 2.75) is 0 Å². The van der Waals surface area contributed by atoms with Crippen LogP contribution in [0.25, 0.3) is 116 Å². The molecule has 0 bridgehead atoms. The molecule has 0 amide bonds. The Balaban J connectivity index is 0.774. The minimum Gasteiger partial charge on any atom is -0.456 e. The first-order chi connectivity index (χ1) is 37.2. The molecule has 12 aromatic carbocycles. The van der Waals surface area contributed by atoms with E-state index in [0.29, 0.717) is 0 Å². The van der Waals surface area contributed by atoms with Crippen molar-refractivity contribution in [2.75, 3.05) is 4.90 Å². The topological polar surface area (TPSA) is 21.3 Å². The number of aromatic nitrogens is 1. The average Bonchev–Trinajstić information content (AvgIpc) is 4.06. The van der Waals surface area contributed by atoms with Crippen molar-refractivity contribution in [3.05, 3.63) is 291 Å². The third-order valence-electron chi connectivity index (χ3n) is 14.9. The zero-order valence-corrected chi connectivity index (χ0v) is 41.0. The molecule has 2 heterocycles. The van der Waals surface area contributed by atoms with Gasteiger partial charge in [0, 0.05) is 44.2 Å². The van der Waals surface area contributed by atoms with Crippen LogP contribution in [0.1, 0.15) is 0 Å². The minimum absolute atomic E-state index is 0.905. The lowest BCUT2D eigenvalue weighted by molar-refractivity contribution is 0.669. The van der Waals surface area contributed by atoms with Crippen molar-refractivity contribution >= 4 is 60.8 Å².